The fraction of sp³-hybridized carbons (Fsp3) is 0.367. The van der Waals surface area contributed by atoms with Gasteiger partial charge in [0, 0.05) is 30.9 Å². The zero-order valence-electron chi connectivity index (χ0n) is 21.9. The van der Waals surface area contributed by atoms with Crippen LogP contribution in [0.15, 0.2) is 67.1 Å². The minimum Gasteiger partial charge on any atom is -0.489 e. The number of fused-ring (bicyclic) bond motifs is 1. The van der Waals surface area contributed by atoms with Gasteiger partial charge in [-0.3, -0.25) is 4.90 Å². The van der Waals surface area contributed by atoms with Crippen molar-refractivity contribution in [3.8, 4) is 16.9 Å². The Labute approximate surface area is 227 Å². The molecule has 39 heavy (non-hydrogen) atoms. The van der Waals surface area contributed by atoms with Crippen molar-refractivity contribution in [1.29, 1.82) is 0 Å². The molecular weight excluding hydrogens is 492 g/mol. The molecule has 202 valence electrons. The fourth-order valence-corrected chi connectivity index (χ4v) is 5.98. The van der Waals surface area contributed by atoms with Crippen LogP contribution in [0.4, 0.5) is 10.6 Å². The fourth-order valence-electron chi connectivity index (χ4n) is 5.98. The molecule has 1 atom stereocenters. The maximum absolute atomic E-state index is 11.2. The van der Waals surface area contributed by atoms with E-state index in [9.17, 15) is 4.79 Å². The summed E-state index contributed by atoms with van der Waals surface area (Å²) in [7, 11) is 0. The maximum Gasteiger partial charge on any atom is 0.404 e. The lowest BCUT2D eigenvalue weighted by atomic mass is 9.79. The number of rotatable bonds is 8. The summed E-state index contributed by atoms with van der Waals surface area (Å²) in [6.07, 6.45) is 6.95. The predicted octanol–water partition coefficient (Wildman–Crippen LogP) is 4.77. The molecule has 1 saturated carbocycles. The second kappa shape index (κ2) is 10.9. The summed E-state index contributed by atoms with van der Waals surface area (Å²) in [6, 6.07) is 18.6. The zero-order chi connectivity index (χ0) is 26.8. The number of amides is 1. The first kappa shape index (κ1) is 25.2. The molecule has 4 N–H and O–H groups in total. The Morgan fingerprint density at radius 3 is 2.74 bits per heavy atom. The zero-order valence-corrected chi connectivity index (χ0v) is 21.9. The van der Waals surface area contributed by atoms with E-state index in [1.165, 1.54) is 0 Å². The predicted molar refractivity (Wildman–Crippen MR) is 150 cm³/mol. The molecule has 3 heterocycles. The largest absolute Gasteiger partial charge is 0.489 e. The lowest BCUT2D eigenvalue weighted by Crippen LogP contribution is -2.45. The van der Waals surface area contributed by atoms with Crippen LogP contribution in [0.2, 0.25) is 0 Å². The third-order valence-electron chi connectivity index (χ3n) is 7.90. The number of carbonyl (C=O) groups excluding carboxylic acids is 1. The Bertz CT molecular complexity index is 1450. The van der Waals surface area contributed by atoms with Crippen molar-refractivity contribution >= 4 is 22.9 Å². The normalized spacial score (nSPS) is 21.4. The average molecular weight is 527 g/mol. The summed E-state index contributed by atoms with van der Waals surface area (Å²) in [4.78, 5) is 22.5. The molecule has 0 spiro atoms. The maximum atomic E-state index is 11.2. The number of likely N-dealkylation sites (tertiary alicyclic amines) is 1. The Morgan fingerprint density at radius 1 is 1.08 bits per heavy atom. The van der Waals surface area contributed by atoms with E-state index in [0.717, 1.165) is 78.8 Å². The van der Waals surface area contributed by atoms with Gasteiger partial charge in [0.1, 0.15) is 36.3 Å². The number of piperidine rings is 1. The lowest BCUT2D eigenvalue weighted by molar-refractivity contribution is 0.0304. The smallest absolute Gasteiger partial charge is 0.404 e. The van der Waals surface area contributed by atoms with Gasteiger partial charge in [0.05, 0.1) is 5.39 Å². The second-order valence-corrected chi connectivity index (χ2v) is 10.7. The van der Waals surface area contributed by atoms with Crippen LogP contribution < -0.4 is 16.2 Å². The lowest BCUT2D eigenvalue weighted by Gasteiger charge is -2.41. The molecular formula is C30H34N6O3. The Morgan fingerprint density at radius 2 is 1.92 bits per heavy atom. The Balaban J connectivity index is 1.17. The molecule has 2 aromatic heterocycles. The van der Waals surface area contributed by atoms with Crippen LogP contribution in [0.25, 0.3) is 22.2 Å². The topological polar surface area (TPSA) is 122 Å². The van der Waals surface area contributed by atoms with Gasteiger partial charge in [0.15, 0.2) is 0 Å². The van der Waals surface area contributed by atoms with Gasteiger partial charge in [-0.15, -0.1) is 0 Å². The molecule has 1 aliphatic heterocycles. The van der Waals surface area contributed by atoms with Crippen molar-refractivity contribution in [2.75, 3.05) is 25.4 Å². The standard InChI is InChI=1S/C30H34N6O3/c31-28-27-26(22-8-4-9-24(14-22)38-18-20-6-2-1-3-7-20)17-36(29(27)34-19-33-28)23-12-21(13-23)15-35-11-5-10-25(16-35)39-30(32)37/h1-4,6-9,14,17,19,21,23,25H,5,10-13,15-16,18H2,(H2,32,37)(H2,31,33,34). The molecule has 1 saturated heterocycles. The SMILES string of the molecule is NC(=O)OC1CCCN(CC2CC(n3cc(-c4cccc(OCc5ccccc5)c4)c4c(N)ncnc43)C2)C1. The summed E-state index contributed by atoms with van der Waals surface area (Å²) in [5.74, 6) is 1.86. The van der Waals surface area contributed by atoms with E-state index in [4.69, 9.17) is 20.9 Å². The van der Waals surface area contributed by atoms with Crippen LogP contribution >= 0.6 is 0 Å². The number of nitrogens with two attached hydrogens (primary N) is 2. The molecule has 1 amide bonds. The summed E-state index contributed by atoms with van der Waals surface area (Å²) in [6.45, 7) is 3.29. The summed E-state index contributed by atoms with van der Waals surface area (Å²) in [5, 5.41) is 0.878. The van der Waals surface area contributed by atoms with Gasteiger partial charge < -0.3 is 25.5 Å². The van der Waals surface area contributed by atoms with Crippen LogP contribution in [0.5, 0.6) is 5.75 Å². The van der Waals surface area contributed by atoms with Gasteiger partial charge in [0.2, 0.25) is 0 Å². The number of nitrogen functional groups attached to an aromatic ring is 1. The molecule has 2 aliphatic rings. The molecule has 4 aromatic rings. The third-order valence-corrected chi connectivity index (χ3v) is 7.90. The molecule has 1 unspecified atom stereocenters. The Hall–Kier alpha value is -4.11. The minimum atomic E-state index is -0.685. The second-order valence-electron chi connectivity index (χ2n) is 10.7. The molecule has 2 aromatic carbocycles. The molecule has 9 heteroatoms. The number of aromatic nitrogens is 3. The van der Waals surface area contributed by atoms with Gasteiger partial charge in [0.25, 0.3) is 0 Å². The third kappa shape index (κ3) is 5.54. The molecule has 2 fully saturated rings. The van der Waals surface area contributed by atoms with E-state index >= 15 is 0 Å². The molecule has 0 bridgehead atoms. The van der Waals surface area contributed by atoms with Crippen molar-refractivity contribution in [3.05, 3.63) is 72.7 Å². The van der Waals surface area contributed by atoms with Gasteiger partial charge in [-0.05, 0) is 61.4 Å². The van der Waals surface area contributed by atoms with Crippen LogP contribution in [0.1, 0.15) is 37.3 Å². The highest BCUT2D eigenvalue weighted by molar-refractivity contribution is 6.00. The van der Waals surface area contributed by atoms with E-state index < -0.39 is 6.09 Å². The summed E-state index contributed by atoms with van der Waals surface area (Å²) >= 11 is 0. The minimum absolute atomic E-state index is 0.102. The van der Waals surface area contributed by atoms with E-state index in [1.54, 1.807) is 6.33 Å². The van der Waals surface area contributed by atoms with Gasteiger partial charge in [-0.2, -0.15) is 0 Å². The van der Waals surface area contributed by atoms with Gasteiger partial charge in [-0.25, -0.2) is 14.8 Å². The quantitative estimate of drug-likeness (QED) is 0.339. The van der Waals surface area contributed by atoms with E-state index in [2.05, 4.69) is 49.9 Å². The number of primary amides is 1. The van der Waals surface area contributed by atoms with Crippen LogP contribution in [0, 0.1) is 5.92 Å². The first-order valence-corrected chi connectivity index (χ1v) is 13.6. The first-order valence-electron chi connectivity index (χ1n) is 13.6. The molecule has 6 rings (SSSR count). The van der Waals surface area contributed by atoms with Crippen molar-refractivity contribution in [1.82, 2.24) is 19.4 Å². The van der Waals surface area contributed by atoms with Crippen LogP contribution in [-0.2, 0) is 11.3 Å². The van der Waals surface area contributed by atoms with Gasteiger partial charge >= 0.3 is 6.09 Å². The van der Waals surface area contributed by atoms with Crippen LogP contribution in [0.3, 0.4) is 0 Å². The number of ether oxygens (including phenoxy) is 2. The number of hydrogen-bond acceptors (Lipinski definition) is 7. The summed E-state index contributed by atoms with van der Waals surface area (Å²) < 4.78 is 13.6. The Kier molecular flexibility index (Phi) is 7.06. The van der Waals surface area contributed by atoms with E-state index in [1.807, 2.05) is 30.3 Å². The first-order chi connectivity index (χ1) is 19.0. The average Bonchev–Trinajstić information content (AvgIpc) is 3.30. The van der Waals surface area contributed by atoms with Gasteiger partial charge in [-0.1, -0.05) is 42.5 Å². The number of anilines is 1. The number of nitrogens with zero attached hydrogens (tertiary/aromatic N) is 4. The van der Waals surface area contributed by atoms with Crippen molar-refractivity contribution in [2.45, 2.75) is 44.4 Å². The van der Waals surface area contributed by atoms with Crippen molar-refractivity contribution < 1.29 is 14.3 Å². The molecule has 1 aliphatic carbocycles. The number of carbonyl (C=O) groups is 1. The summed E-state index contributed by atoms with van der Waals surface area (Å²) in [5.41, 5.74) is 15.6. The highest BCUT2D eigenvalue weighted by Crippen LogP contribution is 2.43. The monoisotopic (exact) mass is 526 g/mol. The number of hydrogen-bond donors (Lipinski definition) is 2. The highest BCUT2D eigenvalue weighted by Gasteiger charge is 2.35. The number of benzene rings is 2. The van der Waals surface area contributed by atoms with E-state index in [-0.39, 0.29) is 6.10 Å². The van der Waals surface area contributed by atoms with Crippen molar-refractivity contribution in [3.63, 3.8) is 0 Å². The van der Waals surface area contributed by atoms with Crippen LogP contribution in [-0.4, -0.2) is 51.3 Å². The molecule has 9 nitrogen and oxygen atoms in total. The highest BCUT2D eigenvalue weighted by atomic mass is 16.6. The molecule has 0 radical (unpaired) electrons. The van der Waals surface area contributed by atoms with E-state index in [0.29, 0.717) is 24.4 Å². The van der Waals surface area contributed by atoms with Crippen molar-refractivity contribution in [2.24, 2.45) is 11.7 Å².